The Morgan fingerprint density at radius 1 is 1.44 bits per heavy atom. The summed E-state index contributed by atoms with van der Waals surface area (Å²) < 4.78 is 26.8. The number of rotatable bonds is 3. The van der Waals surface area contributed by atoms with Crippen molar-refractivity contribution in [3.63, 3.8) is 0 Å². The van der Waals surface area contributed by atoms with Crippen LogP contribution in [0.15, 0.2) is 23.2 Å². The molecule has 0 spiro atoms. The summed E-state index contributed by atoms with van der Waals surface area (Å²) in [7, 11) is -3.67. The molecule has 0 bridgehead atoms. The third-order valence-electron chi connectivity index (χ3n) is 2.98. The number of aliphatic hydroxyl groups excluding tert-OH is 1. The smallest absolute Gasteiger partial charge is 0.243 e. The van der Waals surface area contributed by atoms with Crippen LogP contribution in [0, 0.1) is 0 Å². The van der Waals surface area contributed by atoms with Crippen LogP contribution in [0.4, 0.5) is 0 Å². The molecule has 2 atom stereocenters. The molecule has 18 heavy (non-hydrogen) atoms. The molecule has 1 heterocycles. The van der Waals surface area contributed by atoms with Crippen molar-refractivity contribution in [3.8, 4) is 0 Å². The average molecular weight is 291 g/mol. The lowest BCUT2D eigenvalue weighted by molar-refractivity contribution is 0.117. The number of hydrogen-bond acceptors (Lipinski definition) is 4. The Morgan fingerprint density at radius 2 is 2.22 bits per heavy atom. The average Bonchev–Trinajstić information content (AvgIpc) is 2.28. The number of aromatic nitrogens is 1. The lowest BCUT2D eigenvalue weighted by Crippen LogP contribution is -2.39. The number of nitrogens with one attached hydrogen (secondary N) is 1. The molecule has 0 saturated heterocycles. The highest BCUT2D eigenvalue weighted by molar-refractivity contribution is 7.89. The van der Waals surface area contributed by atoms with Crippen LogP contribution < -0.4 is 4.72 Å². The van der Waals surface area contributed by atoms with E-state index in [0.717, 1.165) is 19.3 Å². The van der Waals surface area contributed by atoms with Gasteiger partial charge in [0.2, 0.25) is 10.0 Å². The van der Waals surface area contributed by atoms with Gasteiger partial charge in [-0.05, 0) is 37.8 Å². The summed E-state index contributed by atoms with van der Waals surface area (Å²) in [5.74, 6) is 0. The van der Waals surface area contributed by atoms with Crippen LogP contribution in [0.3, 0.4) is 0 Å². The van der Waals surface area contributed by atoms with E-state index in [9.17, 15) is 13.5 Å². The van der Waals surface area contributed by atoms with Gasteiger partial charge in [0.05, 0.1) is 6.10 Å². The van der Waals surface area contributed by atoms with Gasteiger partial charge in [-0.1, -0.05) is 11.6 Å². The number of nitrogens with zero attached hydrogens (tertiary/aromatic N) is 1. The fourth-order valence-electron chi connectivity index (χ4n) is 2.13. The molecule has 1 aliphatic carbocycles. The Labute approximate surface area is 111 Å². The molecule has 2 unspecified atom stereocenters. The molecular weight excluding hydrogens is 276 g/mol. The highest BCUT2D eigenvalue weighted by Crippen LogP contribution is 2.22. The molecule has 1 aromatic rings. The first-order valence-electron chi connectivity index (χ1n) is 5.80. The van der Waals surface area contributed by atoms with Crippen LogP contribution in [0.2, 0.25) is 5.15 Å². The molecule has 1 saturated carbocycles. The summed E-state index contributed by atoms with van der Waals surface area (Å²) in [5.41, 5.74) is 0. The first kappa shape index (κ1) is 13.7. The summed E-state index contributed by atoms with van der Waals surface area (Å²) in [5, 5.41) is 9.49. The molecule has 1 fully saturated rings. The Morgan fingerprint density at radius 3 is 2.89 bits per heavy atom. The van der Waals surface area contributed by atoms with Crippen molar-refractivity contribution in [3.05, 3.63) is 23.5 Å². The van der Waals surface area contributed by atoms with Gasteiger partial charge in [0.1, 0.15) is 10.0 Å². The van der Waals surface area contributed by atoms with Crippen LogP contribution in [0.1, 0.15) is 25.7 Å². The first-order valence-corrected chi connectivity index (χ1v) is 7.66. The van der Waals surface area contributed by atoms with Crippen molar-refractivity contribution in [2.75, 3.05) is 0 Å². The maximum Gasteiger partial charge on any atom is 0.243 e. The third kappa shape index (κ3) is 3.20. The summed E-state index contributed by atoms with van der Waals surface area (Å²) >= 11 is 5.78. The second kappa shape index (κ2) is 5.52. The highest BCUT2D eigenvalue weighted by Gasteiger charge is 2.26. The Balaban J connectivity index is 2.15. The van der Waals surface area contributed by atoms with Gasteiger partial charge >= 0.3 is 0 Å². The lowest BCUT2D eigenvalue weighted by Gasteiger charge is -2.26. The van der Waals surface area contributed by atoms with Crippen molar-refractivity contribution in [1.82, 2.24) is 9.71 Å². The minimum atomic E-state index is -3.67. The second-order valence-electron chi connectivity index (χ2n) is 4.43. The van der Waals surface area contributed by atoms with E-state index in [1.54, 1.807) is 0 Å². The quantitative estimate of drug-likeness (QED) is 0.823. The van der Waals surface area contributed by atoms with E-state index in [1.807, 2.05) is 0 Å². The zero-order valence-electron chi connectivity index (χ0n) is 9.71. The van der Waals surface area contributed by atoms with E-state index in [0.29, 0.717) is 6.42 Å². The topological polar surface area (TPSA) is 79.3 Å². The summed E-state index contributed by atoms with van der Waals surface area (Å²) in [6.45, 7) is 0. The fraction of sp³-hybridized carbons (Fsp3) is 0.545. The van der Waals surface area contributed by atoms with Crippen LogP contribution in [0.25, 0.3) is 0 Å². The summed E-state index contributed by atoms with van der Waals surface area (Å²) in [6.07, 6.45) is 3.72. The number of aliphatic hydroxyl groups is 1. The van der Waals surface area contributed by atoms with Gasteiger partial charge in [0.25, 0.3) is 0 Å². The number of pyridine rings is 1. The molecule has 1 aliphatic rings. The normalized spacial score (nSPS) is 25.0. The van der Waals surface area contributed by atoms with Crippen LogP contribution >= 0.6 is 11.6 Å². The van der Waals surface area contributed by atoms with Gasteiger partial charge in [-0.3, -0.25) is 0 Å². The molecule has 2 N–H and O–H groups in total. The minimum Gasteiger partial charge on any atom is -0.393 e. The van der Waals surface area contributed by atoms with E-state index < -0.39 is 16.1 Å². The van der Waals surface area contributed by atoms with Crippen molar-refractivity contribution in [2.45, 2.75) is 42.7 Å². The fourth-order valence-corrected chi connectivity index (χ4v) is 3.86. The zero-order chi connectivity index (χ0) is 13.2. The number of hydrogen-bond donors (Lipinski definition) is 2. The SMILES string of the molecule is O=S(=O)(NC1CCCC(O)C1)c1cccnc1Cl. The van der Waals surface area contributed by atoms with Crippen molar-refractivity contribution in [2.24, 2.45) is 0 Å². The third-order valence-corrected chi connectivity index (χ3v) is 4.95. The standard InChI is InChI=1S/C11H15ClN2O3S/c12-11-10(5-2-6-13-11)18(16,17)14-8-3-1-4-9(15)7-8/h2,5-6,8-9,14-15H,1,3-4,7H2. The predicted molar refractivity (Wildman–Crippen MR) is 67.8 cm³/mol. The zero-order valence-corrected chi connectivity index (χ0v) is 11.3. The summed E-state index contributed by atoms with van der Waals surface area (Å²) in [4.78, 5) is 3.73. The molecule has 0 aliphatic heterocycles. The molecule has 0 radical (unpaired) electrons. The van der Waals surface area contributed by atoms with Gasteiger partial charge in [0, 0.05) is 12.2 Å². The second-order valence-corrected chi connectivity index (χ2v) is 6.47. The predicted octanol–water partition coefficient (Wildman–Crippen LogP) is 1.32. The molecule has 0 amide bonds. The maximum atomic E-state index is 12.1. The van der Waals surface area contributed by atoms with Gasteiger partial charge in [-0.2, -0.15) is 0 Å². The van der Waals surface area contributed by atoms with Gasteiger partial charge in [0.15, 0.2) is 0 Å². The van der Waals surface area contributed by atoms with Crippen LogP contribution in [-0.4, -0.2) is 30.7 Å². The Hall–Kier alpha value is -0.690. The first-order chi connectivity index (χ1) is 8.49. The van der Waals surface area contributed by atoms with Crippen molar-refractivity contribution >= 4 is 21.6 Å². The monoisotopic (exact) mass is 290 g/mol. The van der Waals surface area contributed by atoms with Gasteiger partial charge < -0.3 is 5.11 Å². The van der Waals surface area contributed by atoms with Gasteiger partial charge in [-0.15, -0.1) is 0 Å². The van der Waals surface area contributed by atoms with Crippen LogP contribution in [-0.2, 0) is 10.0 Å². The molecule has 5 nitrogen and oxygen atoms in total. The van der Waals surface area contributed by atoms with E-state index >= 15 is 0 Å². The molecule has 1 aromatic heterocycles. The number of sulfonamides is 1. The molecular formula is C11H15ClN2O3S. The van der Waals surface area contributed by atoms with Crippen molar-refractivity contribution in [1.29, 1.82) is 0 Å². The molecule has 2 rings (SSSR count). The van der Waals surface area contributed by atoms with Gasteiger partial charge in [-0.25, -0.2) is 18.1 Å². The lowest BCUT2D eigenvalue weighted by atomic mass is 9.94. The van der Waals surface area contributed by atoms with E-state index in [2.05, 4.69) is 9.71 Å². The molecule has 0 aromatic carbocycles. The van der Waals surface area contributed by atoms with E-state index in [1.165, 1.54) is 18.3 Å². The Kier molecular flexibility index (Phi) is 4.21. The summed E-state index contributed by atoms with van der Waals surface area (Å²) in [6, 6.07) is 2.70. The van der Waals surface area contributed by atoms with Crippen molar-refractivity contribution < 1.29 is 13.5 Å². The largest absolute Gasteiger partial charge is 0.393 e. The molecule has 7 heteroatoms. The molecule has 100 valence electrons. The van der Waals surface area contributed by atoms with E-state index in [4.69, 9.17) is 11.6 Å². The van der Waals surface area contributed by atoms with E-state index in [-0.39, 0.29) is 16.1 Å². The van der Waals surface area contributed by atoms with Crippen LogP contribution in [0.5, 0.6) is 0 Å². The highest BCUT2D eigenvalue weighted by atomic mass is 35.5. The maximum absolute atomic E-state index is 12.1. The number of halogens is 1. The Bertz CT molecular complexity index is 521. The minimum absolute atomic E-state index is 0.0215.